The molecule has 112 valence electrons. The van der Waals surface area contributed by atoms with Gasteiger partial charge in [-0.25, -0.2) is 4.39 Å². The van der Waals surface area contributed by atoms with Gasteiger partial charge < -0.3 is 10.1 Å². The summed E-state index contributed by atoms with van der Waals surface area (Å²) >= 11 is 6.79. The first-order chi connectivity index (χ1) is 10.1. The molecule has 2 aromatic rings. The molecule has 0 bridgehead atoms. The van der Waals surface area contributed by atoms with E-state index in [-0.39, 0.29) is 11.9 Å². The maximum atomic E-state index is 14.4. The molecule has 0 saturated heterocycles. The fraction of sp³-hybridized carbons (Fsp3) is 0.250. The zero-order chi connectivity index (χ0) is 15.4. The van der Waals surface area contributed by atoms with Crippen LogP contribution in [0.25, 0.3) is 0 Å². The van der Waals surface area contributed by atoms with Gasteiger partial charge in [-0.3, -0.25) is 0 Å². The van der Waals surface area contributed by atoms with Gasteiger partial charge in [-0.05, 0) is 46.2 Å². The lowest BCUT2D eigenvalue weighted by Gasteiger charge is -2.21. The molecule has 0 aliphatic heterocycles. The summed E-state index contributed by atoms with van der Waals surface area (Å²) < 4.78 is 21.0. The van der Waals surface area contributed by atoms with Crippen LogP contribution in [0.2, 0.25) is 0 Å². The van der Waals surface area contributed by atoms with Gasteiger partial charge in [0.05, 0.1) is 17.6 Å². The fourth-order valence-corrected chi connectivity index (χ4v) is 3.17. The molecule has 2 nitrogen and oxygen atoms in total. The zero-order valence-corrected chi connectivity index (χ0v) is 15.0. The quantitative estimate of drug-likeness (QED) is 0.735. The Labute approximate surface area is 141 Å². The van der Waals surface area contributed by atoms with E-state index in [1.54, 1.807) is 19.2 Å². The number of hydrogen-bond donors (Lipinski definition) is 1. The summed E-state index contributed by atoms with van der Waals surface area (Å²) in [7, 11) is 1.62. The second-order valence-electron chi connectivity index (χ2n) is 4.52. The van der Waals surface area contributed by atoms with Gasteiger partial charge in [-0.15, -0.1) is 0 Å². The smallest absolute Gasteiger partial charge is 0.142 e. The molecule has 0 aliphatic carbocycles. The number of nitrogens with one attached hydrogen (secondary N) is 1. The Morgan fingerprint density at radius 1 is 1.14 bits per heavy atom. The summed E-state index contributed by atoms with van der Waals surface area (Å²) in [4.78, 5) is 0. The highest BCUT2D eigenvalue weighted by Gasteiger charge is 2.20. The van der Waals surface area contributed by atoms with Crippen LogP contribution in [0.4, 0.5) is 4.39 Å². The molecule has 0 heterocycles. The van der Waals surface area contributed by atoms with Crippen LogP contribution in [0.1, 0.15) is 24.1 Å². The average molecular weight is 417 g/mol. The molecule has 21 heavy (non-hydrogen) atoms. The van der Waals surface area contributed by atoms with E-state index >= 15 is 0 Å². The minimum Gasteiger partial charge on any atom is -0.497 e. The minimum atomic E-state index is -0.244. The van der Waals surface area contributed by atoms with Gasteiger partial charge in [-0.2, -0.15) is 0 Å². The molecule has 1 atom stereocenters. The Balaban J connectivity index is 2.51. The number of benzene rings is 2. The lowest BCUT2D eigenvalue weighted by atomic mass is 9.98. The van der Waals surface area contributed by atoms with Crippen LogP contribution in [0.15, 0.2) is 45.3 Å². The molecule has 0 amide bonds. The van der Waals surface area contributed by atoms with Gasteiger partial charge in [0.2, 0.25) is 0 Å². The first-order valence-electron chi connectivity index (χ1n) is 6.59. The van der Waals surface area contributed by atoms with Crippen molar-refractivity contribution >= 4 is 31.9 Å². The van der Waals surface area contributed by atoms with Crippen molar-refractivity contribution in [3.63, 3.8) is 0 Å². The summed E-state index contributed by atoms with van der Waals surface area (Å²) in [6.45, 7) is 2.73. The Morgan fingerprint density at radius 2 is 1.90 bits per heavy atom. The topological polar surface area (TPSA) is 21.3 Å². The van der Waals surface area contributed by atoms with Crippen LogP contribution in [-0.2, 0) is 0 Å². The van der Waals surface area contributed by atoms with Crippen LogP contribution in [0, 0.1) is 5.82 Å². The lowest BCUT2D eigenvalue weighted by Crippen LogP contribution is -2.23. The fourth-order valence-electron chi connectivity index (χ4n) is 2.20. The Kier molecular flexibility index (Phi) is 5.79. The molecule has 2 aromatic carbocycles. The van der Waals surface area contributed by atoms with Crippen molar-refractivity contribution in [2.45, 2.75) is 13.0 Å². The molecular formula is C16H16Br2FNO. The van der Waals surface area contributed by atoms with Crippen molar-refractivity contribution in [3.05, 3.63) is 62.3 Å². The first kappa shape index (κ1) is 16.5. The van der Waals surface area contributed by atoms with Crippen molar-refractivity contribution in [2.75, 3.05) is 13.7 Å². The summed E-state index contributed by atoms with van der Waals surface area (Å²) in [6.07, 6.45) is 0. The summed E-state index contributed by atoms with van der Waals surface area (Å²) in [6, 6.07) is 10.8. The maximum absolute atomic E-state index is 14.4. The predicted molar refractivity (Wildman–Crippen MR) is 90.3 cm³/mol. The van der Waals surface area contributed by atoms with Crippen LogP contribution >= 0.6 is 31.9 Å². The van der Waals surface area contributed by atoms with E-state index in [1.807, 2.05) is 31.2 Å². The van der Waals surface area contributed by atoms with Crippen molar-refractivity contribution in [1.82, 2.24) is 5.32 Å². The Bertz CT molecular complexity index is 634. The van der Waals surface area contributed by atoms with Crippen LogP contribution in [-0.4, -0.2) is 13.7 Å². The molecule has 5 heteroatoms. The SMILES string of the molecule is CCNC(c1ccc(OC)cc1Br)c1cccc(Br)c1F. The van der Waals surface area contributed by atoms with E-state index in [4.69, 9.17) is 4.74 Å². The summed E-state index contributed by atoms with van der Waals surface area (Å²) in [5.41, 5.74) is 1.58. The van der Waals surface area contributed by atoms with E-state index in [2.05, 4.69) is 37.2 Å². The molecule has 0 aliphatic rings. The molecule has 0 radical (unpaired) electrons. The predicted octanol–water partition coefficient (Wildman–Crippen LogP) is 5.06. The molecule has 0 aromatic heterocycles. The molecule has 0 fully saturated rings. The van der Waals surface area contributed by atoms with E-state index in [1.165, 1.54) is 0 Å². The van der Waals surface area contributed by atoms with Gasteiger partial charge in [0.25, 0.3) is 0 Å². The van der Waals surface area contributed by atoms with Gasteiger partial charge in [0.1, 0.15) is 11.6 Å². The molecule has 1 N–H and O–H groups in total. The van der Waals surface area contributed by atoms with Crippen LogP contribution in [0.3, 0.4) is 0 Å². The zero-order valence-electron chi connectivity index (χ0n) is 11.8. The number of halogens is 3. The van der Waals surface area contributed by atoms with Crippen molar-refractivity contribution in [1.29, 1.82) is 0 Å². The second-order valence-corrected chi connectivity index (χ2v) is 6.23. The van der Waals surface area contributed by atoms with E-state index < -0.39 is 0 Å². The van der Waals surface area contributed by atoms with E-state index in [0.29, 0.717) is 10.0 Å². The largest absolute Gasteiger partial charge is 0.497 e. The van der Waals surface area contributed by atoms with E-state index in [0.717, 1.165) is 22.3 Å². The van der Waals surface area contributed by atoms with Gasteiger partial charge in [-0.1, -0.05) is 41.1 Å². The van der Waals surface area contributed by atoms with Crippen molar-refractivity contribution in [3.8, 4) is 5.75 Å². The van der Waals surface area contributed by atoms with Gasteiger partial charge in [0, 0.05) is 10.0 Å². The lowest BCUT2D eigenvalue weighted by molar-refractivity contribution is 0.414. The third kappa shape index (κ3) is 3.65. The minimum absolute atomic E-state index is 0.229. The van der Waals surface area contributed by atoms with Crippen molar-refractivity contribution < 1.29 is 9.13 Å². The van der Waals surface area contributed by atoms with Crippen LogP contribution < -0.4 is 10.1 Å². The third-order valence-corrected chi connectivity index (χ3v) is 4.52. The van der Waals surface area contributed by atoms with Gasteiger partial charge in [0.15, 0.2) is 0 Å². The molecule has 1 unspecified atom stereocenters. The summed E-state index contributed by atoms with van der Waals surface area (Å²) in [5, 5.41) is 3.33. The number of methoxy groups -OCH3 is 1. The molecule has 0 saturated carbocycles. The molecule has 0 spiro atoms. The third-order valence-electron chi connectivity index (χ3n) is 3.22. The number of rotatable bonds is 5. The highest BCUT2D eigenvalue weighted by atomic mass is 79.9. The molecule has 2 rings (SSSR count). The Hall–Kier alpha value is -0.910. The number of hydrogen-bond acceptors (Lipinski definition) is 2. The van der Waals surface area contributed by atoms with Crippen molar-refractivity contribution in [2.24, 2.45) is 0 Å². The first-order valence-corrected chi connectivity index (χ1v) is 8.17. The maximum Gasteiger partial charge on any atom is 0.142 e. The molecular weight excluding hydrogens is 401 g/mol. The second kappa shape index (κ2) is 7.38. The highest BCUT2D eigenvalue weighted by molar-refractivity contribution is 9.10. The number of ether oxygens (including phenoxy) is 1. The summed E-state index contributed by atoms with van der Waals surface area (Å²) in [5.74, 6) is 0.516. The standard InChI is InChI=1S/C16H16Br2FNO/c1-3-20-16(12-5-4-6-13(17)15(12)19)11-8-7-10(21-2)9-14(11)18/h4-9,16,20H,3H2,1-2H3. The van der Waals surface area contributed by atoms with E-state index in [9.17, 15) is 4.39 Å². The monoisotopic (exact) mass is 415 g/mol. The Morgan fingerprint density at radius 3 is 2.52 bits per heavy atom. The van der Waals surface area contributed by atoms with Crippen LogP contribution in [0.5, 0.6) is 5.75 Å². The normalized spacial score (nSPS) is 12.2. The van der Waals surface area contributed by atoms with Gasteiger partial charge >= 0.3 is 0 Å². The average Bonchev–Trinajstić information content (AvgIpc) is 2.48. The highest BCUT2D eigenvalue weighted by Crippen LogP contribution is 2.34.